The average Bonchev–Trinajstić information content (AvgIpc) is 2.02. The summed E-state index contributed by atoms with van der Waals surface area (Å²) >= 11 is 0. The number of halogens is 4. The summed E-state index contributed by atoms with van der Waals surface area (Å²) in [7, 11) is 1.58. The second-order valence-electron chi connectivity index (χ2n) is 2.70. The van der Waals surface area contributed by atoms with Crippen LogP contribution in [0, 0.1) is 0 Å². The summed E-state index contributed by atoms with van der Waals surface area (Å²) in [5.41, 5.74) is -1.47. The lowest BCUT2D eigenvalue weighted by Gasteiger charge is -2.06. The van der Waals surface area contributed by atoms with Crippen molar-refractivity contribution in [1.82, 2.24) is 0 Å². The van der Waals surface area contributed by atoms with Gasteiger partial charge in [0, 0.05) is 6.07 Å². The molecule has 0 saturated heterocycles. The quantitative estimate of drug-likeness (QED) is 0.269. The Labute approximate surface area is 90.2 Å². The Morgan fingerprint density at radius 1 is 1.47 bits per heavy atom. The van der Waals surface area contributed by atoms with Crippen LogP contribution >= 0.6 is 0 Å². The molecular weight excluding hydrogens is 233 g/mol. The number of nitrogens with zero attached hydrogens (tertiary/aromatic N) is 2. The summed E-state index contributed by atoms with van der Waals surface area (Å²) in [6.07, 6.45) is -1.85. The highest BCUT2D eigenvalue weighted by Gasteiger charge is 2.38. The Balaban J connectivity index is 0.00000196. The third-order valence-electron chi connectivity index (χ3n) is 1.58. The first-order valence-corrected chi connectivity index (χ1v) is 3.70. The predicted octanol–water partition coefficient (Wildman–Crippen LogP) is -1.74. The molecule has 0 radical (unpaired) electrons. The molecule has 7 heteroatoms. The van der Waals surface area contributed by atoms with E-state index in [0.29, 0.717) is 0 Å². The molecule has 84 valence electrons. The first-order valence-electron chi connectivity index (χ1n) is 3.70. The smallest absolute Gasteiger partial charge is 0.437 e. The molecule has 0 spiro atoms. The van der Waals surface area contributed by atoms with Gasteiger partial charge in [0.1, 0.15) is 7.05 Å². The van der Waals surface area contributed by atoms with E-state index in [-0.39, 0.29) is 18.0 Å². The van der Waals surface area contributed by atoms with Crippen LogP contribution in [0.3, 0.4) is 0 Å². The van der Waals surface area contributed by atoms with E-state index >= 15 is 0 Å². The van der Waals surface area contributed by atoms with Gasteiger partial charge in [0.25, 0.3) is 0 Å². The van der Waals surface area contributed by atoms with E-state index < -0.39 is 11.9 Å². The fraction of sp³-hybridized carbons (Fsp3) is 0.250. The first kappa shape index (κ1) is 13.7. The topological polar surface area (TPSA) is 36.5 Å². The number of alkyl halides is 3. The average molecular weight is 241 g/mol. The largest absolute Gasteiger partial charge is 1.00 e. The van der Waals surface area contributed by atoms with E-state index in [9.17, 15) is 13.2 Å². The van der Waals surface area contributed by atoms with Crippen molar-refractivity contribution >= 4 is 5.71 Å². The first-order chi connectivity index (χ1) is 6.45. The molecule has 0 aliphatic carbocycles. The fourth-order valence-corrected chi connectivity index (χ4v) is 1.01. The van der Waals surface area contributed by atoms with Crippen molar-refractivity contribution in [3.63, 3.8) is 0 Å². The van der Waals surface area contributed by atoms with Crippen molar-refractivity contribution in [2.45, 2.75) is 6.18 Å². The van der Waals surface area contributed by atoms with Gasteiger partial charge in [-0.3, -0.25) is 0 Å². The number of hydrogen-bond acceptors (Lipinski definition) is 2. The maximum Gasteiger partial charge on any atom is 0.437 e. The van der Waals surface area contributed by atoms with Crippen molar-refractivity contribution in [3.05, 3.63) is 30.1 Å². The van der Waals surface area contributed by atoms with Crippen molar-refractivity contribution in [3.8, 4) is 0 Å². The molecule has 0 aliphatic rings. The lowest BCUT2D eigenvalue weighted by Crippen LogP contribution is -3.00. The van der Waals surface area contributed by atoms with Gasteiger partial charge in [-0.15, -0.1) is 0 Å². The molecule has 3 nitrogen and oxygen atoms in total. The molecule has 0 saturated carbocycles. The van der Waals surface area contributed by atoms with Crippen LogP contribution in [0.4, 0.5) is 13.2 Å². The minimum absolute atomic E-state index is 0. The molecule has 0 aromatic carbocycles. The Kier molecular flexibility index (Phi) is 4.54. The third-order valence-corrected chi connectivity index (χ3v) is 1.58. The van der Waals surface area contributed by atoms with E-state index in [1.54, 1.807) is 13.2 Å². The van der Waals surface area contributed by atoms with Gasteiger partial charge < -0.3 is 17.6 Å². The van der Waals surface area contributed by atoms with Crippen LogP contribution in [-0.4, -0.2) is 17.1 Å². The summed E-state index contributed by atoms with van der Waals surface area (Å²) in [5.74, 6) is 0. The molecule has 0 bridgehead atoms. The molecule has 0 unspecified atom stereocenters. The molecular formula is C8H8ClF3N2O. The lowest BCUT2D eigenvalue weighted by molar-refractivity contribution is -0.671. The van der Waals surface area contributed by atoms with Crippen molar-refractivity contribution < 1.29 is 35.4 Å². The number of hydrogen-bond donors (Lipinski definition) is 1. The van der Waals surface area contributed by atoms with E-state index in [2.05, 4.69) is 5.16 Å². The monoisotopic (exact) mass is 240 g/mol. The van der Waals surface area contributed by atoms with Crippen LogP contribution in [0.25, 0.3) is 0 Å². The van der Waals surface area contributed by atoms with Crippen molar-refractivity contribution in [2.75, 3.05) is 0 Å². The minimum Gasteiger partial charge on any atom is -1.00 e. The lowest BCUT2D eigenvalue weighted by atomic mass is 10.2. The molecule has 1 N–H and O–H groups in total. The molecule has 1 heterocycles. The van der Waals surface area contributed by atoms with Gasteiger partial charge in [-0.2, -0.15) is 13.2 Å². The number of aromatic nitrogens is 1. The summed E-state index contributed by atoms with van der Waals surface area (Å²) in [5, 5.41) is 10.5. The van der Waals surface area contributed by atoms with Gasteiger partial charge in [-0.1, -0.05) is 5.16 Å². The van der Waals surface area contributed by atoms with Gasteiger partial charge in [0.2, 0.25) is 0 Å². The molecule has 1 rings (SSSR count). The SMILES string of the molecule is C[n+]1cccc(/C(=N\O)C(F)(F)F)c1.[Cl-]. The number of oxime groups is 1. The van der Waals surface area contributed by atoms with Crippen molar-refractivity contribution in [1.29, 1.82) is 0 Å². The second-order valence-corrected chi connectivity index (χ2v) is 2.70. The highest BCUT2D eigenvalue weighted by molar-refractivity contribution is 6.03. The van der Waals surface area contributed by atoms with Gasteiger partial charge >= 0.3 is 6.18 Å². The maximum absolute atomic E-state index is 12.2. The molecule has 0 amide bonds. The predicted molar refractivity (Wildman–Crippen MR) is 42.0 cm³/mol. The molecule has 1 aromatic heterocycles. The van der Waals surface area contributed by atoms with Crippen LogP contribution in [0.1, 0.15) is 5.56 Å². The summed E-state index contributed by atoms with van der Waals surface area (Å²) in [4.78, 5) is 0. The zero-order valence-corrected chi connectivity index (χ0v) is 8.42. The van der Waals surface area contributed by atoms with Crippen LogP contribution in [0.2, 0.25) is 0 Å². The standard InChI is InChI=1S/C8H7F3N2O.ClH/c1-13-4-2-3-6(5-13)7(12-14)8(9,10)11;/h2-5H,1H3;1H/b12-7+;. The van der Waals surface area contributed by atoms with Gasteiger partial charge in [0.05, 0.1) is 5.56 Å². The number of aryl methyl sites for hydroxylation is 1. The van der Waals surface area contributed by atoms with Gasteiger partial charge in [-0.05, 0) is 6.07 Å². The zero-order chi connectivity index (χ0) is 10.8. The molecule has 15 heavy (non-hydrogen) atoms. The Morgan fingerprint density at radius 3 is 2.47 bits per heavy atom. The fourth-order valence-electron chi connectivity index (χ4n) is 1.01. The molecule has 0 fully saturated rings. The van der Waals surface area contributed by atoms with E-state index in [0.717, 1.165) is 0 Å². The van der Waals surface area contributed by atoms with E-state index in [4.69, 9.17) is 5.21 Å². The highest BCUT2D eigenvalue weighted by atomic mass is 35.5. The van der Waals surface area contributed by atoms with Gasteiger partial charge in [0.15, 0.2) is 18.1 Å². The normalized spacial score (nSPS) is 12.1. The summed E-state index contributed by atoms with van der Waals surface area (Å²) in [6.45, 7) is 0. The van der Waals surface area contributed by atoms with E-state index in [1.807, 2.05) is 0 Å². The molecule has 0 atom stereocenters. The van der Waals surface area contributed by atoms with Crippen LogP contribution < -0.4 is 17.0 Å². The number of rotatable bonds is 1. The second kappa shape index (κ2) is 4.97. The molecule has 1 aromatic rings. The Hall–Kier alpha value is -1.30. The van der Waals surface area contributed by atoms with E-state index in [1.165, 1.54) is 22.9 Å². The Morgan fingerprint density at radius 2 is 2.07 bits per heavy atom. The maximum atomic E-state index is 12.2. The zero-order valence-electron chi connectivity index (χ0n) is 7.66. The van der Waals surface area contributed by atoms with Crippen molar-refractivity contribution in [2.24, 2.45) is 12.2 Å². The Bertz CT molecular complexity index is 365. The van der Waals surface area contributed by atoms with Gasteiger partial charge in [-0.25, -0.2) is 4.57 Å². The van der Waals surface area contributed by atoms with Crippen LogP contribution in [0.15, 0.2) is 29.7 Å². The summed E-state index contributed by atoms with van der Waals surface area (Å²) in [6, 6.07) is 2.66. The highest BCUT2D eigenvalue weighted by Crippen LogP contribution is 2.21. The summed E-state index contributed by atoms with van der Waals surface area (Å²) < 4.78 is 38.2. The molecule has 0 aliphatic heterocycles. The van der Waals surface area contributed by atoms with Crippen LogP contribution in [-0.2, 0) is 7.05 Å². The minimum atomic E-state index is -4.65. The van der Waals surface area contributed by atoms with Crippen LogP contribution in [0.5, 0.6) is 0 Å². The third kappa shape index (κ3) is 3.39. The number of pyridine rings is 1.